The lowest BCUT2D eigenvalue weighted by atomic mass is 9.80. The van der Waals surface area contributed by atoms with Crippen LogP contribution in [0.1, 0.15) is 29.3 Å². The number of hydrogen-bond donors (Lipinski definition) is 2. The molecule has 0 bridgehead atoms. The minimum Gasteiger partial charge on any atom is -0.388 e. The molecule has 3 aromatic carbocycles. The van der Waals surface area contributed by atoms with Crippen molar-refractivity contribution >= 4 is 0 Å². The van der Waals surface area contributed by atoms with E-state index >= 15 is 0 Å². The summed E-state index contributed by atoms with van der Waals surface area (Å²) in [6.07, 6.45) is -0.686. The van der Waals surface area contributed by atoms with Gasteiger partial charge in [-0.2, -0.15) is 0 Å². The molecule has 4 aromatic rings. The van der Waals surface area contributed by atoms with Gasteiger partial charge in [-0.15, -0.1) is 0 Å². The first kappa shape index (κ1) is 23.0. The molecule has 1 aliphatic heterocycles. The van der Waals surface area contributed by atoms with E-state index in [0.29, 0.717) is 0 Å². The molecule has 2 N–H and O–H groups in total. The largest absolute Gasteiger partial charge is 0.388 e. The first-order valence-electron chi connectivity index (χ1n) is 11.5. The highest BCUT2D eigenvalue weighted by Crippen LogP contribution is 2.41. The van der Waals surface area contributed by atoms with Gasteiger partial charge in [-0.05, 0) is 16.7 Å². The third kappa shape index (κ3) is 4.49. The smallest absolute Gasteiger partial charge is 0.330 e. The molecule has 2 heterocycles. The summed E-state index contributed by atoms with van der Waals surface area (Å²) in [5.41, 5.74) is 0.843. The van der Waals surface area contributed by atoms with Crippen LogP contribution < -0.4 is 11.2 Å². The second-order valence-corrected chi connectivity index (χ2v) is 8.56. The molecule has 0 spiro atoms. The maximum Gasteiger partial charge on any atom is 0.330 e. The Bertz CT molecular complexity index is 1270. The first-order valence-corrected chi connectivity index (χ1v) is 11.5. The van der Waals surface area contributed by atoms with Crippen molar-refractivity contribution in [1.29, 1.82) is 0 Å². The summed E-state index contributed by atoms with van der Waals surface area (Å²) in [6, 6.07) is 31.2. The number of rotatable bonds is 7. The lowest BCUT2D eigenvalue weighted by Gasteiger charge is -2.36. The summed E-state index contributed by atoms with van der Waals surface area (Å²) in [7, 11) is 0. The standard InChI is InChI=1S/C28H26N2O5/c31-24-18-23(35-26(24)30-17-16-25(32)29-27(30)33)19-34-28(20-10-4-1-5-11-20,21-12-6-2-7-13-21)22-14-8-3-9-15-22/h1-17,23-24,26,31H,18-19H2,(H,29,32,33)/t23-,24+,26+/m0/s1. The van der Waals surface area contributed by atoms with Gasteiger partial charge in [-0.25, -0.2) is 4.79 Å². The molecule has 7 nitrogen and oxygen atoms in total. The number of aromatic nitrogens is 2. The minimum atomic E-state index is -0.924. The Morgan fingerprint density at radius 1 is 0.857 bits per heavy atom. The van der Waals surface area contributed by atoms with Gasteiger partial charge in [0.2, 0.25) is 0 Å². The van der Waals surface area contributed by atoms with Crippen LogP contribution in [-0.4, -0.2) is 33.5 Å². The van der Waals surface area contributed by atoms with E-state index in [2.05, 4.69) is 4.98 Å². The van der Waals surface area contributed by atoms with E-state index in [0.717, 1.165) is 16.7 Å². The third-order valence-electron chi connectivity index (χ3n) is 6.32. The highest BCUT2D eigenvalue weighted by atomic mass is 16.6. The van der Waals surface area contributed by atoms with Crippen LogP contribution in [0, 0.1) is 0 Å². The Morgan fingerprint density at radius 2 is 1.37 bits per heavy atom. The summed E-state index contributed by atoms with van der Waals surface area (Å²) >= 11 is 0. The van der Waals surface area contributed by atoms with Crippen LogP contribution in [0.2, 0.25) is 0 Å². The lowest BCUT2D eigenvalue weighted by molar-refractivity contribution is -0.0875. The van der Waals surface area contributed by atoms with Crippen molar-refractivity contribution in [2.75, 3.05) is 6.61 Å². The third-order valence-corrected chi connectivity index (χ3v) is 6.32. The van der Waals surface area contributed by atoms with Crippen LogP contribution in [0.3, 0.4) is 0 Å². The van der Waals surface area contributed by atoms with Crippen molar-refractivity contribution < 1.29 is 14.6 Å². The monoisotopic (exact) mass is 470 g/mol. The van der Waals surface area contributed by atoms with E-state index in [4.69, 9.17) is 9.47 Å². The van der Waals surface area contributed by atoms with Gasteiger partial charge in [0.05, 0.1) is 12.7 Å². The molecule has 1 aromatic heterocycles. The number of aliphatic hydroxyl groups excluding tert-OH is 1. The van der Waals surface area contributed by atoms with Gasteiger partial charge < -0.3 is 14.6 Å². The topological polar surface area (TPSA) is 93.5 Å². The molecule has 5 rings (SSSR count). The molecule has 0 amide bonds. The average Bonchev–Trinajstić information content (AvgIpc) is 3.26. The van der Waals surface area contributed by atoms with Crippen molar-refractivity contribution in [3.8, 4) is 0 Å². The van der Waals surface area contributed by atoms with Gasteiger partial charge >= 0.3 is 5.69 Å². The predicted octanol–water partition coefficient (Wildman–Crippen LogP) is 3.19. The number of benzene rings is 3. The normalized spacial score (nSPS) is 20.1. The van der Waals surface area contributed by atoms with Crippen LogP contribution >= 0.6 is 0 Å². The van der Waals surface area contributed by atoms with E-state index in [1.165, 1.54) is 16.8 Å². The quantitative estimate of drug-likeness (QED) is 0.405. The summed E-state index contributed by atoms with van der Waals surface area (Å²) in [5, 5.41) is 10.7. The molecular formula is C28H26N2O5. The summed E-state index contributed by atoms with van der Waals surface area (Å²) in [4.78, 5) is 25.9. The van der Waals surface area contributed by atoms with Gasteiger partial charge in [-0.1, -0.05) is 91.0 Å². The van der Waals surface area contributed by atoms with Gasteiger partial charge in [0.1, 0.15) is 11.7 Å². The molecule has 0 unspecified atom stereocenters. The van der Waals surface area contributed by atoms with Crippen LogP contribution in [0.25, 0.3) is 0 Å². The van der Waals surface area contributed by atoms with E-state index < -0.39 is 35.3 Å². The molecule has 7 heteroatoms. The summed E-state index contributed by atoms with van der Waals surface area (Å²) in [6.45, 7) is 0.171. The molecule has 1 aliphatic rings. The Morgan fingerprint density at radius 3 is 1.86 bits per heavy atom. The Labute approximate surface area is 202 Å². The number of H-pyrrole nitrogens is 1. The van der Waals surface area contributed by atoms with E-state index in [1.54, 1.807) is 0 Å². The Kier molecular flexibility index (Phi) is 6.46. The van der Waals surface area contributed by atoms with Gasteiger partial charge in [0, 0.05) is 18.7 Å². The van der Waals surface area contributed by atoms with Crippen LogP contribution in [0.4, 0.5) is 0 Å². The fourth-order valence-corrected chi connectivity index (χ4v) is 4.70. The fourth-order valence-electron chi connectivity index (χ4n) is 4.70. The minimum absolute atomic E-state index is 0.171. The van der Waals surface area contributed by atoms with Crippen molar-refractivity contribution in [3.63, 3.8) is 0 Å². The molecule has 1 fully saturated rings. The van der Waals surface area contributed by atoms with E-state index in [1.807, 2.05) is 91.0 Å². The SMILES string of the molecule is O=c1ccn([C@@H]2O[C@H](COC(c3ccccc3)(c3ccccc3)c3ccccc3)C[C@H]2O)c(=O)[nH]1. The van der Waals surface area contributed by atoms with E-state index in [9.17, 15) is 14.7 Å². The first-order chi connectivity index (χ1) is 17.1. The van der Waals surface area contributed by atoms with Crippen LogP contribution in [0.15, 0.2) is 113 Å². The average molecular weight is 471 g/mol. The number of ether oxygens (including phenoxy) is 2. The zero-order valence-corrected chi connectivity index (χ0v) is 19.0. The predicted molar refractivity (Wildman–Crippen MR) is 131 cm³/mol. The van der Waals surface area contributed by atoms with Crippen LogP contribution in [-0.2, 0) is 15.1 Å². The lowest BCUT2D eigenvalue weighted by Crippen LogP contribution is -2.36. The highest BCUT2D eigenvalue weighted by molar-refractivity contribution is 5.47. The van der Waals surface area contributed by atoms with Crippen molar-refractivity contribution in [2.24, 2.45) is 0 Å². The van der Waals surface area contributed by atoms with E-state index in [-0.39, 0.29) is 13.0 Å². The fraction of sp³-hybridized carbons (Fsp3) is 0.214. The second-order valence-electron chi connectivity index (χ2n) is 8.56. The maximum absolute atomic E-state index is 12.2. The molecule has 1 saturated heterocycles. The number of aliphatic hydroxyl groups is 1. The zero-order valence-electron chi connectivity index (χ0n) is 19.0. The van der Waals surface area contributed by atoms with Gasteiger partial charge in [-0.3, -0.25) is 14.3 Å². The highest BCUT2D eigenvalue weighted by Gasteiger charge is 2.41. The summed E-state index contributed by atoms with van der Waals surface area (Å²) in [5.74, 6) is 0. The zero-order chi connectivity index (χ0) is 24.3. The van der Waals surface area contributed by atoms with Crippen molar-refractivity contribution in [3.05, 3.63) is 141 Å². The van der Waals surface area contributed by atoms with Gasteiger partial charge in [0.15, 0.2) is 6.23 Å². The number of nitrogens with zero attached hydrogens (tertiary/aromatic N) is 1. The van der Waals surface area contributed by atoms with Crippen molar-refractivity contribution in [1.82, 2.24) is 9.55 Å². The Hall–Kier alpha value is -3.78. The molecule has 3 atom stereocenters. The van der Waals surface area contributed by atoms with Crippen molar-refractivity contribution in [2.45, 2.75) is 30.5 Å². The number of nitrogens with one attached hydrogen (secondary N) is 1. The maximum atomic E-state index is 12.2. The molecule has 35 heavy (non-hydrogen) atoms. The second kappa shape index (κ2) is 9.84. The molecule has 0 radical (unpaired) electrons. The molecule has 0 saturated carbocycles. The number of hydrogen-bond acceptors (Lipinski definition) is 5. The Balaban J connectivity index is 1.49. The molecular weight excluding hydrogens is 444 g/mol. The molecule has 0 aliphatic carbocycles. The molecule has 178 valence electrons. The van der Waals surface area contributed by atoms with Gasteiger partial charge in [0.25, 0.3) is 5.56 Å². The van der Waals surface area contributed by atoms with Crippen LogP contribution in [0.5, 0.6) is 0 Å². The summed E-state index contributed by atoms with van der Waals surface area (Å²) < 4.78 is 14.0. The number of aromatic amines is 1.